The summed E-state index contributed by atoms with van der Waals surface area (Å²) in [5, 5.41) is 0. The Hall–Kier alpha value is -2.63. The fourth-order valence-electron chi connectivity index (χ4n) is 10.3. The van der Waals surface area contributed by atoms with Crippen molar-refractivity contribution in [3.8, 4) is 0 Å². The van der Waals surface area contributed by atoms with Crippen molar-refractivity contribution in [1.82, 2.24) is 0 Å². The molecule has 77 heavy (non-hydrogen) atoms. The van der Waals surface area contributed by atoms with Crippen molar-refractivity contribution in [2.45, 2.75) is 374 Å². The number of esters is 3. The van der Waals surface area contributed by atoms with E-state index in [1.165, 1.54) is 238 Å². The first kappa shape index (κ1) is 74.4. The minimum atomic E-state index is -0.767. The maximum absolute atomic E-state index is 12.9. The van der Waals surface area contributed by atoms with Gasteiger partial charge >= 0.3 is 17.9 Å². The van der Waals surface area contributed by atoms with Gasteiger partial charge in [-0.1, -0.05) is 339 Å². The fraction of sp³-hybridized carbons (Fsp3) is 0.845. The number of unbranched alkanes of at least 4 members (excludes halogenated alkanes) is 44. The molecule has 0 aromatic carbocycles. The van der Waals surface area contributed by atoms with Gasteiger partial charge in [-0.3, -0.25) is 14.4 Å². The number of hydrogen-bond acceptors (Lipinski definition) is 6. The zero-order valence-corrected chi connectivity index (χ0v) is 51.7. The molecule has 0 fully saturated rings. The number of carbonyl (C=O) groups is 3. The van der Waals surface area contributed by atoms with Gasteiger partial charge in [0, 0.05) is 19.3 Å². The summed E-state index contributed by atoms with van der Waals surface area (Å²) in [6.07, 6.45) is 83.4. The average Bonchev–Trinajstić information content (AvgIpc) is 3.43. The second-order valence-corrected chi connectivity index (χ2v) is 23.1. The molecule has 0 radical (unpaired) electrons. The lowest BCUT2D eigenvalue weighted by molar-refractivity contribution is -0.167. The van der Waals surface area contributed by atoms with Crippen LogP contribution in [0.4, 0.5) is 0 Å². The molecular formula is C71H130O6. The molecule has 0 aromatic heterocycles. The average molecular weight is 1080 g/mol. The monoisotopic (exact) mass is 1080 g/mol. The molecule has 6 heteroatoms. The quantitative estimate of drug-likeness (QED) is 0.0261. The number of ether oxygens (including phenoxy) is 3. The molecule has 0 N–H and O–H groups in total. The van der Waals surface area contributed by atoms with Gasteiger partial charge in [0.1, 0.15) is 13.2 Å². The first-order valence-corrected chi connectivity index (χ1v) is 34.1. The highest BCUT2D eigenvalue weighted by molar-refractivity contribution is 5.71. The number of hydrogen-bond donors (Lipinski definition) is 0. The Morgan fingerprint density at radius 3 is 0.792 bits per heavy atom. The van der Waals surface area contributed by atoms with E-state index in [0.717, 1.165) is 89.9 Å². The second kappa shape index (κ2) is 65.9. The van der Waals surface area contributed by atoms with E-state index in [1.807, 2.05) is 0 Å². The van der Waals surface area contributed by atoms with Gasteiger partial charge in [0.2, 0.25) is 0 Å². The highest BCUT2D eigenvalue weighted by Crippen LogP contribution is 2.18. The zero-order chi connectivity index (χ0) is 55.7. The Labute approximate surface area is 479 Å². The highest BCUT2D eigenvalue weighted by atomic mass is 16.6. The number of carbonyl (C=O) groups excluding carboxylic acids is 3. The molecular weight excluding hydrogens is 949 g/mol. The van der Waals surface area contributed by atoms with Crippen molar-refractivity contribution >= 4 is 17.9 Å². The normalized spacial score (nSPS) is 12.3. The third kappa shape index (κ3) is 64.1. The van der Waals surface area contributed by atoms with E-state index in [4.69, 9.17) is 14.2 Å². The van der Waals surface area contributed by atoms with Crippen LogP contribution in [0.3, 0.4) is 0 Å². The van der Waals surface area contributed by atoms with Crippen LogP contribution in [-0.2, 0) is 28.6 Å². The fourth-order valence-corrected chi connectivity index (χ4v) is 10.3. The zero-order valence-electron chi connectivity index (χ0n) is 51.7. The van der Waals surface area contributed by atoms with Gasteiger partial charge in [-0.15, -0.1) is 0 Å². The minimum Gasteiger partial charge on any atom is -0.462 e. The molecule has 0 aliphatic carbocycles. The lowest BCUT2D eigenvalue weighted by Crippen LogP contribution is -2.30. The number of allylic oxidation sites excluding steroid dienone is 8. The smallest absolute Gasteiger partial charge is 0.306 e. The summed E-state index contributed by atoms with van der Waals surface area (Å²) < 4.78 is 16.8. The SMILES string of the molecule is CC/C=C\C/C=C\C/C=C\C/C=C\CCCCCCCCCCCCCCCCC(=O)OCC(COC(=O)CCCCCCC)OC(=O)CCCCCCCCCCCCCCCCCCCCCCCCCCCCC. The van der Waals surface area contributed by atoms with Gasteiger partial charge in [-0.05, 0) is 57.8 Å². The van der Waals surface area contributed by atoms with E-state index in [9.17, 15) is 14.4 Å². The van der Waals surface area contributed by atoms with Crippen LogP contribution in [0.2, 0.25) is 0 Å². The molecule has 0 heterocycles. The molecule has 1 unspecified atom stereocenters. The van der Waals surface area contributed by atoms with Crippen LogP contribution in [0, 0.1) is 0 Å². The molecule has 0 aliphatic rings. The van der Waals surface area contributed by atoms with E-state index in [0.29, 0.717) is 19.3 Å². The van der Waals surface area contributed by atoms with Crippen molar-refractivity contribution < 1.29 is 28.6 Å². The summed E-state index contributed by atoms with van der Waals surface area (Å²) in [7, 11) is 0. The molecule has 0 spiro atoms. The Bertz CT molecular complexity index is 1330. The second-order valence-electron chi connectivity index (χ2n) is 23.1. The molecule has 6 nitrogen and oxygen atoms in total. The molecule has 0 aromatic rings. The van der Waals surface area contributed by atoms with Crippen molar-refractivity contribution in [2.75, 3.05) is 13.2 Å². The molecule has 0 saturated carbocycles. The summed E-state index contributed by atoms with van der Waals surface area (Å²) in [6.45, 7) is 6.51. The van der Waals surface area contributed by atoms with Crippen LogP contribution in [0.1, 0.15) is 367 Å². The van der Waals surface area contributed by atoms with Crippen LogP contribution in [0.25, 0.3) is 0 Å². The Morgan fingerprint density at radius 2 is 0.506 bits per heavy atom. The largest absolute Gasteiger partial charge is 0.462 e. The molecule has 0 aliphatic heterocycles. The highest BCUT2D eigenvalue weighted by Gasteiger charge is 2.19. The summed E-state index contributed by atoms with van der Waals surface area (Å²) >= 11 is 0. The number of rotatable bonds is 63. The van der Waals surface area contributed by atoms with E-state index in [-0.39, 0.29) is 31.1 Å². The van der Waals surface area contributed by atoms with Crippen LogP contribution in [0.5, 0.6) is 0 Å². The van der Waals surface area contributed by atoms with Crippen molar-refractivity contribution in [2.24, 2.45) is 0 Å². The lowest BCUT2D eigenvalue weighted by atomic mass is 10.0. The Balaban J connectivity index is 3.95. The summed E-state index contributed by atoms with van der Waals surface area (Å²) in [5.41, 5.74) is 0. The van der Waals surface area contributed by atoms with E-state index in [2.05, 4.69) is 69.4 Å². The van der Waals surface area contributed by atoms with Crippen LogP contribution in [0.15, 0.2) is 48.6 Å². The van der Waals surface area contributed by atoms with Crippen molar-refractivity contribution in [3.05, 3.63) is 48.6 Å². The van der Waals surface area contributed by atoms with Crippen molar-refractivity contribution in [3.63, 3.8) is 0 Å². The van der Waals surface area contributed by atoms with Crippen molar-refractivity contribution in [1.29, 1.82) is 0 Å². The Morgan fingerprint density at radius 1 is 0.273 bits per heavy atom. The van der Waals surface area contributed by atoms with E-state index >= 15 is 0 Å². The summed E-state index contributed by atoms with van der Waals surface area (Å²) in [5.74, 6) is -0.861. The van der Waals surface area contributed by atoms with Gasteiger partial charge in [0.05, 0.1) is 0 Å². The van der Waals surface area contributed by atoms with Crippen LogP contribution >= 0.6 is 0 Å². The summed E-state index contributed by atoms with van der Waals surface area (Å²) in [6, 6.07) is 0. The topological polar surface area (TPSA) is 78.9 Å². The molecule has 450 valence electrons. The molecule has 0 amide bonds. The van der Waals surface area contributed by atoms with Gasteiger partial charge in [-0.2, -0.15) is 0 Å². The third-order valence-corrected chi connectivity index (χ3v) is 15.3. The standard InChI is InChI=1S/C71H130O6/c1-4-7-10-13-15-17-19-21-23-25-27-29-31-33-35-37-39-41-43-45-47-49-51-53-55-58-61-64-70(73)76-67-68(66-75-69(72)63-60-57-12-9-6-3)77-71(74)65-62-59-56-54-52-50-48-46-44-42-40-38-36-34-32-30-28-26-24-22-20-18-16-14-11-8-5-2/h7,10,15,17,21,23,27,29,68H,4-6,8-9,11-14,16,18-20,22,24-26,28,30-67H2,1-3H3/b10-7-,17-15-,23-21-,29-27-. The summed E-state index contributed by atoms with van der Waals surface area (Å²) in [4.78, 5) is 38.0. The van der Waals surface area contributed by atoms with Crippen LogP contribution < -0.4 is 0 Å². The van der Waals surface area contributed by atoms with Gasteiger partial charge in [-0.25, -0.2) is 0 Å². The maximum atomic E-state index is 12.9. The lowest BCUT2D eigenvalue weighted by Gasteiger charge is -2.18. The Kier molecular flexibility index (Phi) is 63.6. The van der Waals surface area contributed by atoms with E-state index < -0.39 is 6.10 Å². The maximum Gasteiger partial charge on any atom is 0.306 e. The molecule has 0 rings (SSSR count). The first-order chi connectivity index (χ1) is 38.0. The van der Waals surface area contributed by atoms with Gasteiger partial charge < -0.3 is 14.2 Å². The van der Waals surface area contributed by atoms with Crippen LogP contribution in [-0.4, -0.2) is 37.2 Å². The predicted molar refractivity (Wildman–Crippen MR) is 335 cm³/mol. The van der Waals surface area contributed by atoms with E-state index in [1.54, 1.807) is 0 Å². The van der Waals surface area contributed by atoms with Gasteiger partial charge in [0.25, 0.3) is 0 Å². The molecule has 0 saturated heterocycles. The molecule has 0 bridgehead atoms. The third-order valence-electron chi connectivity index (χ3n) is 15.3. The minimum absolute atomic E-state index is 0.0689. The first-order valence-electron chi connectivity index (χ1n) is 34.1. The predicted octanol–water partition coefficient (Wildman–Crippen LogP) is 23.3. The molecule has 1 atom stereocenters. The van der Waals surface area contributed by atoms with Gasteiger partial charge in [0.15, 0.2) is 6.10 Å².